The van der Waals surface area contributed by atoms with Crippen LogP contribution in [0.25, 0.3) is 10.2 Å². The van der Waals surface area contributed by atoms with E-state index in [9.17, 15) is 13.6 Å². The number of fused-ring (bicyclic) bond motifs is 1. The van der Waals surface area contributed by atoms with E-state index < -0.39 is 12.6 Å². The first-order valence-electron chi connectivity index (χ1n) is 4.53. The van der Waals surface area contributed by atoms with E-state index in [1.807, 2.05) is 0 Å². The maximum absolute atomic E-state index is 12.2. The van der Waals surface area contributed by atoms with Gasteiger partial charge in [0.25, 0.3) is 0 Å². The van der Waals surface area contributed by atoms with E-state index in [-0.39, 0.29) is 11.3 Å². The molecule has 0 radical (unpaired) electrons. The Labute approximate surface area is 98.8 Å². The average Bonchev–Trinajstić information content (AvgIpc) is 2.75. The minimum Gasteiger partial charge on any atom is -0.465 e. The van der Waals surface area contributed by atoms with E-state index in [0.717, 1.165) is 6.20 Å². The predicted octanol–water partition coefficient (Wildman–Crippen LogP) is 2.68. The summed E-state index contributed by atoms with van der Waals surface area (Å²) in [6.45, 7) is -3.02. The molecule has 0 unspecified atom stereocenters. The van der Waals surface area contributed by atoms with E-state index in [4.69, 9.17) is 0 Å². The average molecular weight is 259 g/mol. The second-order valence-electron chi connectivity index (χ2n) is 3.01. The first kappa shape index (κ1) is 11.7. The molecule has 0 spiro atoms. The summed E-state index contributed by atoms with van der Waals surface area (Å²) in [6, 6.07) is 1.61. The number of nitrogens with zero attached hydrogens (tertiary/aromatic N) is 1. The number of pyridine rings is 1. The highest BCUT2D eigenvalue weighted by Crippen LogP contribution is 2.30. The van der Waals surface area contributed by atoms with Crippen molar-refractivity contribution in [1.29, 1.82) is 0 Å². The van der Waals surface area contributed by atoms with Crippen molar-refractivity contribution >= 4 is 27.5 Å². The Morgan fingerprint density at radius 3 is 2.94 bits per heavy atom. The van der Waals surface area contributed by atoms with Crippen LogP contribution < -0.4 is 4.74 Å². The number of methoxy groups -OCH3 is 1. The molecular formula is C10H7F2NO3S. The largest absolute Gasteiger partial charge is 0.465 e. The van der Waals surface area contributed by atoms with E-state index in [2.05, 4.69) is 14.5 Å². The molecule has 0 saturated carbocycles. The van der Waals surface area contributed by atoms with Gasteiger partial charge >= 0.3 is 12.6 Å². The fourth-order valence-electron chi connectivity index (χ4n) is 1.40. The van der Waals surface area contributed by atoms with Gasteiger partial charge < -0.3 is 9.47 Å². The van der Waals surface area contributed by atoms with Crippen LogP contribution in [-0.2, 0) is 4.74 Å². The van der Waals surface area contributed by atoms with Gasteiger partial charge in [-0.05, 0) is 11.4 Å². The molecule has 4 nitrogen and oxygen atoms in total. The lowest BCUT2D eigenvalue weighted by Crippen LogP contribution is -2.10. The minimum atomic E-state index is -3.02. The van der Waals surface area contributed by atoms with Crippen LogP contribution in [0.4, 0.5) is 8.78 Å². The summed E-state index contributed by atoms with van der Waals surface area (Å²) >= 11 is 1.30. The Balaban J connectivity index is 2.61. The molecule has 0 aliphatic heterocycles. The summed E-state index contributed by atoms with van der Waals surface area (Å²) in [7, 11) is 1.17. The number of alkyl halides is 2. The highest BCUT2D eigenvalue weighted by atomic mass is 32.1. The normalized spacial score (nSPS) is 10.8. The molecule has 0 saturated heterocycles. The number of hydrogen-bond acceptors (Lipinski definition) is 5. The number of halogens is 2. The van der Waals surface area contributed by atoms with E-state index in [1.54, 1.807) is 11.4 Å². The zero-order valence-electron chi connectivity index (χ0n) is 8.65. The summed E-state index contributed by atoms with van der Waals surface area (Å²) in [5.41, 5.74) is -0.0287. The van der Waals surface area contributed by atoms with Crippen molar-refractivity contribution in [2.45, 2.75) is 6.61 Å². The van der Waals surface area contributed by atoms with Gasteiger partial charge in [0.2, 0.25) is 0 Å². The topological polar surface area (TPSA) is 48.4 Å². The Bertz CT molecular complexity index is 555. The third kappa shape index (κ3) is 2.19. The molecule has 0 aliphatic rings. The third-order valence-corrected chi connectivity index (χ3v) is 2.89. The van der Waals surface area contributed by atoms with Crippen molar-refractivity contribution in [3.63, 3.8) is 0 Å². The van der Waals surface area contributed by atoms with Crippen molar-refractivity contribution in [3.05, 3.63) is 23.2 Å². The summed E-state index contributed by atoms with van der Waals surface area (Å²) < 4.78 is 33.2. The fourth-order valence-corrected chi connectivity index (χ4v) is 2.15. The number of thiophene rings is 1. The molecule has 17 heavy (non-hydrogen) atoms. The summed E-state index contributed by atoms with van der Waals surface area (Å²) in [6.07, 6.45) is 1.09. The zero-order chi connectivity index (χ0) is 12.4. The van der Waals surface area contributed by atoms with Crippen molar-refractivity contribution < 1.29 is 23.0 Å². The lowest BCUT2D eigenvalue weighted by Gasteiger charge is -2.09. The highest BCUT2D eigenvalue weighted by Gasteiger charge is 2.21. The van der Waals surface area contributed by atoms with Crippen LogP contribution in [0, 0.1) is 0 Å². The molecule has 2 heterocycles. The van der Waals surface area contributed by atoms with Crippen LogP contribution in [0.5, 0.6) is 5.75 Å². The molecule has 0 atom stereocenters. The molecule has 0 aliphatic carbocycles. The molecule has 0 amide bonds. The van der Waals surface area contributed by atoms with Gasteiger partial charge in [-0.1, -0.05) is 0 Å². The Morgan fingerprint density at radius 2 is 2.29 bits per heavy atom. The number of carbonyl (C=O) groups is 1. The van der Waals surface area contributed by atoms with Crippen molar-refractivity contribution in [2.24, 2.45) is 0 Å². The number of ether oxygens (including phenoxy) is 2. The lowest BCUT2D eigenvalue weighted by atomic mass is 10.2. The molecule has 90 valence electrons. The maximum atomic E-state index is 12.2. The van der Waals surface area contributed by atoms with Gasteiger partial charge in [0.15, 0.2) is 5.75 Å². The van der Waals surface area contributed by atoms with Gasteiger partial charge in [0.05, 0.1) is 13.3 Å². The summed E-state index contributed by atoms with van der Waals surface area (Å²) in [5, 5.41) is 2.15. The first-order chi connectivity index (χ1) is 8.13. The minimum absolute atomic E-state index is 0.0287. The second kappa shape index (κ2) is 4.62. The molecule has 0 N–H and O–H groups in total. The third-order valence-electron chi connectivity index (χ3n) is 2.07. The molecule has 2 aromatic rings. The zero-order valence-corrected chi connectivity index (χ0v) is 9.46. The second-order valence-corrected chi connectivity index (χ2v) is 3.90. The van der Waals surface area contributed by atoms with Gasteiger partial charge in [-0.15, -0.1) is 11.3 Å². The molecule has 0 aromatic carbocycles. The quantitative estimate of drug-likeness (QED) is 0.795. The van der Waals surface area contributed by atoms with Gasteiger partial charge in [-0.3, -0.25) is 0 Å². The highest BCUT2D eigenvalue weighted by molar-refractivity contribution is 7.16. The van der Waals surface area contributed by atoms with Crippen LogP contribution in [-0.4, -0.2) is 24.7 Å². The van der Waals surface area contributed by atoms with Crippen LogP contribution in [0.15, 0.2) is 17.6 Å². The van der Waals surface area contributed by atoms with Gasteiger partial charge in [-0.2, -0.15) is 8.78 Å². The van der Waals surface area contributed by atoms with Crippen molar-refractivity contribution in [3.8, 4) is 5.75 Å². The van der Waals surface area contributed by atoms with Crippen molar-refractivity contribution in [2.75, 3.05) is 7.11 Å². The van der Waals surface area contributed by atoms with E-state index in [0.29, 0.717) is 10.2 Å². The van der Waals surface area contributed by atoms with E-state index >= 15 is 0 Å². The van der Waals surface area contributed by atoms with Gasteiger partial charge in [0, 0.05) is 5.39 Å². The maximum Gasteiger partial charge on any atom is 0.387 e. The summed E-state index contributed by atoms with van der Waals surface area (Å²) in [4.78, 5) is 16.0. The van der Waals surface area contributed by atoms with Crippen LogP contribution in [0.1, 0.15) is 10.4 Å². The Hall–Kier alpha value is -1.76. The predicted molar refractivity (Wildman–Crippen MR) is 57.6 cm³/mol. The number of aromatic nitrogens is 1. The van der Waals surface area contributed by atoms with Crippen LogP contribution in [0.2, 0.25) is 0 Å². The molecule has 2 rings (SSSR count). The number of esters is 1. The molecule has 0 fully saturated rings. The summed E-state index contributed by atoms with van der Waals surface area (Å²) in [5.74, 6) is -1.01. The SMILES string of the molecule is COC(=O)c1c(OC(F)F)cnc2sccc12. The fraction of sp³-hybridized carbons (Fsp3) is 0.200. The lowest BCUT2D eigenvalue weighted by molar-refractivity contribution is -0.0505. The Kier molecular flexibility index (Phi) is 3.19. The molecule has 0 bridgehead atoms. The van der Waals surface area contributed by atoms with Gasteiger partial charge in [-0.25, -0.2) is 9.78 Å². The standard InChI is InChI=1S/C10H7F2NO3S/c1-15-9(14)7-5-2-3-17-8(5)13-4-6(7)16-10(11)12/h2-4,10H,1H3. The van der Waals surface area contributed by atoms with Crippen LogP contribution in [0.3, 0.4) is 0 Å². The molecule has 2 aromatic heterocycles. The van der Waals surface area contributed by atoms with Crippen LogP contribution >= 0.6 is 11.3 Å². The van der Waals surface area contributed by atoms with Gasteiger partial charge in [0.1, 0.15) is 10.4 Å². The number of rotatable bonds is 3. The molecular weight excluding hydrogens is 252 g/mol. The molecule has 7 heteroatoms. The monoisotopic (exact) mass is 259 g/mol. The smallest absolute Gasteiger partial charge is 0.387 e. The van der Waals surface area contributed by atoms with E-state index in [1.165, 1.54) is 18.4 Å². The first-order valence-corrected chi connectivity index (χ1v) is 5.40. The Morgan fingerprint density at radius 1 is 1.53 bits per heavy atom. The van der Waals surface area contributed by atoms with Crippen molar-refractivity contribution in [1.82, 2.24) is 4.98 Å². The number of hydrogen-bond donors (Lipinski definition) is 0. The number of carbonyl (C=O) groups excluding carboxylic acids is 1.